The van der Waals surface area contributed by atoms with Crippen LogP contribution in [0.25, 0.3) is 5.69 Å². The van der Waals surface area contributed by atoms with Gasteiger partial charge < -0.3 is 15.2 Å². The van der Waals surface area contributed by atoms with Crippen molar-refractivity contribution in [2.75, 3.05) is 17.2 Å². The van der Waals surface area contributed by atoms with Crippen molar-refractivity contribution < 1.29 is 4.79 Å². The summed E-state index contributed by atoms with van der Waals surface area (Å²) in [5.74, 6) is -0.205. The van der Waals surface area contributed by atoms with Crippen LogP contribution < -0.4 is 21.9 Å². The summed E-state index contributed by atoms with van der Waals surface area (Å²) >= 11 is 0. The van der Waals surface area contributed by atoms with E-state index in [1.165, 1.54) is 9.47 Å². The van der Waals surface area contributed by atoms with E-state index in [1.54, 1.807) is 0 Å². The zero-order valence-electron chi connectivity index (χ0n) is 18.0. The van der Waals surface area contributed by atoms with Gasteiger partial charge in [0, 0.05) is 31.2 Å². The van der Waals surface area contributed by atoms with Crippen LogP contribution >= 0.6 is 0 Å². The summed E-state index contributed by atoms with van der Waals surface area (Å²) in [7, 11) is 0. The summed E-state index contributed by atoms with van der Waals surface area (Å²) in [5.41, 5.74) is 6.88. The standard InChI is InChI=1S/C23H29N5O3/c1-3-5-15-27(20-21(24)28(12-4-2)23(31)25-22(20)30)19(29)16-17-8-10-18(11-9-17)26-13-6-7-14-26/h6-11,13-14H,3-5,12,15-16,24H2,1-2H3,(H,25,30,31). The highest BCUT2D eigenvalue weighted by atomic mass is 16.2. The lowest BCUT2D eigenvalue weighted by Crippen LogP contribution is -2.42. The Morgan fingerprint density at radius 3 is 2.35 bits per heavy atom. The Labute approximate surface area is 180 Å². The molecule has 0 radical (unpaired) electrons. The third kappa shape index (κ3) is 4.96. The molecule has 3 aromatic rings. The van der Waals surface area contributed by atoms with Gasteiger partial charge in [-0.3, -0.25) is 19.1 Å². The number of unbranched alkanes of at least 4 members (excludes halogenated alkanes) is 1. The van der Waals surface area contributed by atoms with Gasteiger partial charge in [-0.15, -0.1) is 0 Å². The molecule has 164 valence electrons. The van der Waals surface area contributed by atoms with Crippen molar-refractivity contribution in [1.29, 1.82) is 0 Å². The number of hydrogen-bond acceptors (Lipinski definition) is 4. The normalized spacial score (nSPS) is 10.9. The molecule has 0 bridgehead atoms. The monoisotopic (exact) mass is 423 g/mol. The zero-order chi connectivity index (χ0) is 22.4. The van der Waals surface area contributed by atoms with Gasteiger partial charge in [0.15, 0.2) is 5.69 Å². The molecule has 2 aromatic heterocycles. The highest BCUT2D eigenvalue weighted by Gasteiger charge is 2.24. The van der Waals surface area contributed by atoms with Crippen molar-refractivity contribution in [2.45, 2.75) is 46.1 Å². The third-order valence-corrected chi connectivity index (χ3v) is 5.16. The number of aromatic amines is 1. The van der Waals surface area contributed by atoms with Crippen LogP contribution in [-0.2, 0) is 17.8 Å². The van der Waals surface area contributed by atoms with Crippen LogP contribution in [0.1, 0.15) is 38.7 Å². The molecule has 1 amide bonds. The number of amides is 1. The second-order valence-electron chi connectivity index (χ2n) is 7.48. The molecule has 0 fully saturated rings. The van der Waals surface area contributed by atoms with E-state index in [2.05, 4.69) is 4.98 Å². The van der Waals surface area contributed by atoms with Crippen molar-refractivity contribution in [3.63, 3.8) is 0 Å². The van der Waals surface area contributed by atoms with Gasteiger partial charge in [-0.1, -0.05) is 32.4 Å². The predicted molar refractivity (Wildman–Crippen MR) is 123 cm³/mol. The summed E-state index contributed by atoms with van der Waals surface area (Å²) in [6, 6.07) is 11.6. The van der Waals surface area contributed by atoms with Gasteiger partial charge in [-0.25, -0.2) is 4.79 Å². The van der Waals surface area contributed by atoms with Crippen molar-refractivity contribution >= 4 is 17.4 Å². The Bertz CT molecular complexity index is 1130. The maximum absolute atomic E-state index is 13.2. The molecular formula is C23H29N5O3. The van der Waals surface area contributed by atoms with Gasteiger partial charge in [-0.05, 0) is 42.7 Å². The summed E-state index contributed by atoms with van der Waals surface area (Å²) in [6.07, 6.45) is 6.26. The van der Waals surface area contributed by atoms with E-state index >= 15 is 0 Å². The van der Waals surface area contributed by atoms with Gasteiger partial charge in [0.1, 0.15) is 5.82 Å². The number of H-pyrrole nitrogens is 1. The number of carbonyl (C=O) groups excluding carboxylic acids is 1. The molecule has 1 aromatic carbocycles. The molecule has 0 aliphatic heterocycles. The van der Waals surface area contributed by atoms with Crippen LogP contribution in [0.4, 0.5) is 11.5 Å². The highest BCUT2D eigenvalue weighted by molar-refractivity contribution is 5.96. The van der Waals surface area contributed by atoms with Gasteiger partial charge in [-0.2, -0.15) is 0 Å². The van der Waals surface area contributed by atoms with Crippen molar-refractivity contribution in [3.8, 4) is 5.69 Å². The minimum atomic E-state index is -0.637. The van der Waals surface area contributed by atoms with Crippen LogP contribution in [0.15, 0.2) is 58.4 Å². The lowest BCUT2D eigenvalue weighted by Gasteiger charge is -2.24. The van der Waals surface area contributed by atoms with Crippen LogP contribution in [0.5, 0.6) is 0 Å². The SMILES string of the molecule is CCCCN(C(=O)Cc1ccc(-n2cccc2)cc1)c1c(N)n(CCC)c(=O)[nH]c1=O. The molecule has 0 saturated heterocycles. The molecule has 0 aliphatic carbocycles. The number of nitrogens with zero attached hydrogens (tertiary/aromatic N) is 3. The number of nitrogens with two attached hydrogens (primary N) is 1. The van der Waals surface area contributed by atoms with Crippen molar-refractivity contribution in [1.82, 2.24) is 14.1 Å². The van der Waals surface area contributed by atoms with Crippen LogP contribution in [0.3, 0.4) is 0 Å². The molecule has 3 N–H and O–H groups in total. The smallest absolute Gasteiger partial charge is 0.330 e. The maximum Gasteiger partial charge on any atom is 0.330 e. The number of nitrogen functional groups attached to an aromatic ring is 1. The molecule has 2 heterocycles. The molecule has 0 unspecified atom stereocenters. The second-order valence-corrected chi connectivity index (χ2v) is 7.48. The van der Waals surface area contributed by atoms with Crippen LogP contribution in [0.2, 0.25) is 0 Å². The van der Waals surface area contributed by atoms with E-state index in [9.17, 15) is 14.4 Å². The third-order valence-electron chi connectivity index (χ3n) is 5.16. The summed E-state index contributed by atoms with van der Waals surface area (Å²) in [4.78, 5) is 41.7. The number of anilines is 2. The Kier molecular flexibility index (Phi) is 7.12. The minimum absolute atomic E-state index is 0.0306. The van der Waals surface area contributed by atoms with E-state index in [-0.39, 0.29) is 23.8 Å². The zero-order valence-corrected chi connectivity index (χ0v) is 18.0. The lowest BCUT2D eigenvalue weighted by molar-refractivity contribution is -0.118. The van der Waals surface area contributed by atoms with Crippen molar-refractivity contribution in [2.24, 2.45) is 0 Å². The first-order chi connectivity index (χ1) is 15.0. The highest BCUT2D eigenvalue weighted by Crippen LogP contribution is 2.20. The average Bonchev–Trinajstić information content (AvgIpc) is 3.28. The molecule has 8 heteroatoms. The summed E-state index contributed by atoms with van der Waals surface area (Å²) in [6.45, 7) is 4.64. The predicted octanol–water partition coefficient (Wildman–Crippen LogP) is 2.70. The van der Waals surface area contributed by atoms with Gasteiger partial charge in [0.2, 0.25) is 5.91 Å². The molecular weight excluding hydrogens is 394 g/mol. The van der Waals surface area contributed by atoms with E-state index < -0.39 is 11.2 Å². The minimum Gasteiger partial charge on any atom is -0.383 e. The van der Waals surface area contributed by atoms with Crippen molar-refractivity contribution in [3.05, 3.63) is 75.2 Å². The molecule has 3 rings (SSSR count). The lowest BCUT2D eigenvalue weighted by atomic mass is 10.1. The largest absolute Gasteiger partial charge is 0.383 e. The summed E-state index contributed by atoms with van der Waals surface area (Å²) in [5, 5.41) is 0. The fraction of sp³-hybridized carbons (Fsp3) is 0.348. The Balaban J connectivity index is 1.91. The molecule has 0 atom stereocenters. The number of hydrogen-bond donors (Lipinski definition) is 2. The molecule has 31 heavy (non-hydrogen) atoms. The maximum atomic E-state index is 13.2. The van der Waals surface area contributed by atoms with Gasteiger partial charge in [0.05, 0.1) is 6.42 Å². The van der Waals surface area contributed by atoms with Crippen LogP contribution in [-0.4, -0.2) is 26.6 Å². The Morgan fingerprint density at radius 2 is 1.74 bits per heavy atom. The number of benzene rings is 1. The number of rotatable bonds is 9. The van der Waals surface area contributed by atoms with E-state index in [0.29, 0.717) is 25.9 Å². The topological polar surface area (TPSA) is 106 Å². The fourth-order valence-electron chi connectivity index (χ4n) is 3.52. The van der Waals surface area contributed by atoms with Gasteiger partial charge in [0.25, 0.3) is 5.56 Å². The average molecular weight is 424 g/mol. The van der Waals surface area contributed by atoms with E-state index in [0.717, 1.165) is 17.7 Å². The number of aromatic nitrogens is 3. The molecule has 8 nitrogen and oxygen atoms in total. The van der Waals surface area contributed by atoms with E-state index in [4.69, 9.17) is 5.73 Å². The van der Waals surface area contributed by atoms with Gasteiger partial charge >= 0.3 is 5.69 Å². The molecule has 0 spiro atoms. The quantitative estimate of drug-likeness (QED) is 0.552. The second kappa shape index (κ2) is 9.97. The first kappa shape index (κ1) is 22.1. The summed E-state index contributed by atoms with van der Waals surface area (Å²) < 4.78 is 3.30. The Hall–Kier alpha value is -3.55. The van der Waals surface area contributed by atoms with Crippen LogP contribution in [0, 0.1) is 0 Å². The fourth-order valence-corrected chi connectivity index (χ4v) is 3.52. The molecule has 0 saturated carbocycles. The first-order valence-electron chi connectivity index (χ1n) is 10.6. The first-order valence-corrected chi connectivity index (χ1v) is 10.6. The Morgan fingerprint density at radius 1 is 1.06 bits per heavy atom. The number of nitrogens with one attached hydrogen (secondary N) is 1. The van der Waals surface area contributed by atoms with E-state index in [1.807, 2.05) is 67.2 Å². The number of carbonyl (C=O) groups is 1. The molecule has 0 aliphatic rings.